The van der Waals surface area contributed by atoms with Crippen molar-refractivity contribution in [3.05, 3.63) is 91.9 Å². The molecule has 0 radical (unpaired) electrons. The molecule has 4 rings (SSSR count). The first-order valence-electron chi connectivity index (χ1n) is 11.7. The average Bonchev–Trinajstić information content (AvgIpc) is 2.91. The van der Waals surface area contributed by atoms with E-state index < -0.39 is 23.8 Å². The predicted octanol–water partition coefficient (Wildman–Crippen LogP) is 5.64. The van der Waals surface area contributed by atoms with E-state index in [1.165, 1.54) is 37.5 Å². The fraction of sp³-hybridized carbons (Fsp3) is 0.143. The van der Waals surface area contributed by atoms with Crippen molar-refractivity contribution in [2.75, 3.05) is 18.6 Å². The molecule has 1 N–H and O–H groups in total. The summed E-state index contributed by atoms with van der Waals surface area (Å²) < 4.78 is 17.9. The molecule has 0 bridgehead atoms. The summed E-state index contributed by atoms with van der Waals surface area (Å²) in [5, 5.41) is 2.18. The number of benzene rings is 3. The van der Waals surface area contributed by atoms with Crippen LogP contribution in [-0.4, -0.2) is 37.5 Å². The summed E-state index contributed by atoms with van der Waals surface area (Å²) in [7, 11) is 1.25. The van der Waals surface area contributed by atoms with Gasteiger partial charge in [0, 0.05) is 10.0 Å². The number of urea groups is 1. The Balaban J connectivity index is 1.65. The zero-order valence-electron chi connectivity index (χ0n) is 20.8. The zero-order chi connectivity index (χ0) is 28.1. The van der Waals surface area contributed by atoms with Gasteiger partial charge in [0.1, 0.15) is 12.2 Å². The Hall–Kier alpha value is -3.96. The van der Waals surface area contributed by atoms with Gasteiger partial charge in [0.25, 0.3) is 11.8 Å². The maximum absolute atomic E-state index is 13.3. The molecule has 4 amide bonds. The highest BCUT2D eigenvalue weighted by atomic mass is 79.9. The molecule has 39 heavy (non-hydrogen) atoms. The van der Waals surface area contributed by atoms with E-state index >= 15 is 0 Å². The number of halogens is 2. The normalized spacial score (nSPS) is 14.3. The molecule has 1 fully saturated rings. The molecule has 9 nitrogen and oxygen atoms in total. The summed E-state index contributed by atoms with van der Waals surface area (Å²) in [5.74, 6) is -1.36. The number of imide groups is 2. The Morgan fingerprint density at radius 2 is 1.69 bits per heavy atom. The third-order valence-electron chi connectivity index (χ3n) is 5.62. The van der Waals surface area contributed by atoms with E-state index in [0.717, 1.165) is 14.9 Å². The molecular formula is C28H22Br2N2O7. The van der Waals surface area contributed by atoms with Gasteiger partial charge < -0.3 is 14.2 Å². The number of carbonyl (C=O) groups is 4. The van der Waals surface area contributed by atoms with Crippen molar-refractivity contribution >= 4 is 67.4 Å². The average molecular weight is 658 g/mol. The lowest BCUT2D eigenvalue weighted by atomic mass is 10.1. The molecule has 3 aromatic rings. The van der Waals surface area contributed by atoms with Gasteiger partial charge in [-0.25, -0.2) is 14.5 Å². The first-order valence-corrected chi connectivity index (χ1v) is 13.2. The molecule has 1 heterocycles. The lowest BCUT2D eigenvalue weighted by molar-refractivity contribution is -0.122. The second kappa shape index (κ2) is 12.3. The quantitative estimate of drug-likeness (QED) is 0.190. The van der Waals surface area contributed by atoms with E-state index in [4.69, 9.17) is 9.47 Å². The molecule has 0 unspecified atom stereocenters. The molecule has 0 spiro atoms. The minimum Gasteiger partial charge on any atom is -0.490 e. The number of amides is 4. The van der Waals surface area contributed by atoms with Crippen LogP contribution in [0.4, 0.5) is 10.5 Å². The molecule has 0 atom stereocenters. The fourth-order valence-electron chi connectivity index (χ4n) is 3.76. The molecule has 11 heteroatoms. The summed E-state index contributed by atoms with van der Waals surface area (Å²) in [6.07, 6.45) is 1.37. The van der Waals surface area contributed by atoms with Crippen LogP contribution >= 0.6 is 31.9 Å². The summed E-state index contributed by atoms with van der Waals surface area (Å²) >= 11 is 7.01. The molecular weight excluding hydrogens is 636 g/mol. The molecule has 0 aromatic heterocycles. The molecule has 3 aromatic carbocycles. The van der Waals surface area contributed by atoms with Gasteiger partial charge in [-0.05, 0) is 77.0 Å². The minimum atomic E-state index is -0.903. The zero-order valence-corrected chi connectivity index (χ0v) is 24.0. The van der Waals surface area contributed by atoms with Crippen LogP contribution < -0.4 is 19.7 Å². The number of methoxy groups -OCH3 is 1. The first-order chi connectivity index (χ1) is 18.7. The van der Waals surface area contributed by atoms with Gasteiger partial charge >= 0.3 is 12.0 Å². The number of barbiturate groups is 1. The number of anilines is 1. The summed E-state index contributed by atoms with van der Waals surface area (Å²) in [6.45, 7) is 2.44. The smallest absolute Gasteiger partial charge is 0.337 e. The Kier molecular flexibility index (Phi) is 8.82. The number of hydrogen-bond donors (Lipinski definition) is 1. The van der Waals surface area contributed by atoms with E-state index in [-0.39, 0.29) is 23.4 Å². The summed E-state index contributed by atoms with van der Waals surface area (Å²) in [4.78, 5) is 51.0. The predicted molar refractivity (Wildman–Crippen MR) is 151 cm³/mol. The third-order valence-corrected chi connectivity index (χ3v) is 6.98. The van der Waals surface area contributed by atoms with Gasteiger partial charge in [-0.3, -0.25) is 14.9 Å². The SMILES string of the molecule is CCOc1cc(/C=C2\C(=O)NC(=O)N(c3ccc(C(=O)OC)cc3)C2=O)cc(Br)c1OCc1ccccc1Br. The van der Waals surface area contributed by atoms with Crippen LogP contribution in [0.15, 0.2) is 75.2 Å². The second-order valence-corrected chi connectivity index (χ2v) is 9.85. The largest absolute Gasteiger partial charge is 0.490 e. The Morgan fingerprint density at radius 3 is 2.36 bits per heavy atom. The standard InChI is InChI=1S/C28H22Br2N2O7/c1-3-38-23-14-16(13-22(30)24(23)39-15-18-6-4-5-7-21(18)29)12-20-25(33)31-28(36)32(26(20)34)19-10-8-17(9-11-19)27(35)37-2/h4-14H,3,15H2,1-2H3,(H,31,33,36)/b20-12+. The molecule has 1 aliphatic heterocycles. The van der Waals surface area contributed by atoms with E-state index in [2.05, 4.69) is 41.9 Å². The molecule has 0 aliphatic carbocycles. The molecule has 0 saturated carbocycles. The van der Waals surface area contributed by atoms with Gasteiger partial charge in [-0.2, -0.15) is 0 Å². The van der Waals surface area contributed by atoms with Crippen molar-refractivity contribution in [2.24, 2.45) is 0 Å². The van der Waals surface area contributed by atoms with Gasteiger partial charge in [-0.15, -0.1) is 0 Å². The monoisotopic (exact) mass is 656 g/mol. The highest BCUT2D eigenvalue weighted by Crippen LogP contribution is 2.38. The number of nitrogens with zero attached hydrogens (tertiary/aromatic N) is 1. The maximum Gasteiger partial charge on any atom is 0.337 e. The van der Waals surface area contributed by atoms with Gasteiger partial charge in [0.2, 0.25) is 0 Å². The van der Waals surface area contributed by atoms with Crippen LogP contribution in [0.5, 0.6) is 11.5 Å². The summed E-state index contributed by atoms with van der Waals surface area (Å²) in [5.41, 5.74) is 1.56. The van der Waals surface area contributed by atoms with Crippen molar-refractivity contribution in [1.29, 1.82) is 0 Å². The molecule has 200 valence electrons. The Morgan fingerprint density at radius 1 is 0.974 bits per heavy atom. The minimum absolute atomic E-state index is 0.176. The fourth-order valence-corrected chi connectivity index (χ4v) is 4.74. The van der Waals surface area contributed by atoms with Crippen molar-refractivity contribution in [1.82, 2.24) is 5.32 Å². The highest BCUT2D eigenvalue weighted by Gasteiger charge is 2.37. The van der Waals surface area contributed by atoms with E-state index in [0.29, 0.717) is 28.1 Å². The third kappa shape index (κ3) is 6.21. The number of nitrogens with one attached hydrogen (secondary N) is 1. The number of carbonyl (C=O) groups excluding carboxylic acids is 4. The van der Waals surface area contributed by atoms with E-state index in [9.17, 15) is 19.2 Å². The van der Waals surface area contributed by atoms with E-state index in [1.807, 2.05) is 31.2 Å². The maximum atomic E-state index is 13.3. The van der Waals surface area contributed by atoms with Crippen LogP contribution in [-0.2, 0) is 20.9 Å². The summed E-state index contributed by atoms with van der Waals surface area (Å²) in [6, 6.07) is 15.7. The number of esters is 1. The van der Waals surface area contributed by atoms with Crippen LogP contribution in [0, 0.1) is 0 Å². The highest BCUT2D eigenvalue weighted by molar-refractivity contribution is 9.10. The van der Waals surface area contributed by atoms with Crippen molar-refractivity contribution in [2.45, 2.75) is 13.5 Å². The molecule has 1 saturated heterocycles. The van der Waals surface area contributed by atoms with Gasteiger partial charge in [0.15, 0.2) is 11.5 Å². The van der Waals surface area contributed by atoms with Crippen molar-refractivity contribution in [3.8, 4) is 11.5 Å². The molecule has 1 aliphatic rings. The van der Waals surface area contributed by atoms with Crippen molar-refractivity contribution < 1.29 is 33.4 Å². The van der Waals surface area contributed by atoms with E-state index in [1.54, 1.807) is 12.1 Å². The first kappa shape index (κ1) is 28.1. The van der Waals surface area contributed by atoms with Crippen LogP contribution in [0.25, 0.3) is 6.08 Å². The number of ether oxygens (including phenoxy) is 3. The lowest BCUT2D eigenvalue weighted by Gasteiger charge is -2.26. The van der Waals surface area contributed by atoms with Crippen LogP contribution in [0.2, 0.25) is 0 Å². The van der Waals surface area contributed by atoms with Crippen molar-refractivity contribution in [3.63, 3.8) is 0 Å². The Bertz CT molecular complexity index is 1490. The van der Waals surface area contributed by atoms with Gasteiger partial charge in [0.05, 0.1) is 29.4 Å². The number of rotatable bonds is 8. The van der Waals surface area contributed by atoms with Crippen LogP contribution in [0.3, 0.4) is 0 Å². The van der Waals surface area contributed by atoms with Gasteiger partial charge in [-0.1, -0.05) is 34.1 Å². The second-order valence-electron chi connectivity index (χ2n) is 8.14. The number of hydrogen-bond acceptors (Lipinski definition) is 7. The van der Waals surface area contributed by atoms with Crippen LogP contribution in [0.1, 0.15) is 28.4 Å². The topological polar surface area (TPSA) is 111 Å². The lowest BCUT2D eigenvalue weighted by Crippen LogP contribution is -2.54. The Labute approximate surface area is 241 Å².